The Balaban J connectivity index is 1.35. The summed E-state index contributed by atoms with van der Waals surface area (Å²) in [4.78, 5) is 22.8. The molecular weight excluding hydrogens is 442 g/mol. The number of carbonyl (C=O) groups is 1. The summed E-state index contributed by atoms with van der Waals surface area (Å²) in [5.74, 6) is 0.170. The summed E-state index contributed by atoms with van der Waals surface area (Å²) in [6.07, 6.45) is 1.76. The summed E-state index contributed by atoms with van der Waals surface area (Å²) >= 11 is 1.70. The summed E-state index contributed by atoms with van der Waals surface area (Å²) in [5.41, 5.74) is 5.26. The Bertz CT molecular complexity index is 1300. The molecule has 7 heteroatoms. The molecule has 6 nitrogen and oxygen atoms in total. The molecular formula is C27H31N5OS. The highest BCUT2D eigenvalue weighted by atomic mass is 32.1. The minimum atomic E-state index is -0.0711. The van der Waals surface area contributed by atoms with Crippen molar-refractivity contribution in [2.24, 2.45) is 0 Å². The fraction of sp³-hybridized carbons (Fsp3) is 0.370. The number of nitrogens with zero attached hydrogens (tertiary/aromatic N) is 5. The van der Waals surface area contributed by atoms with Gasteiger partial charge in [0.25, 0.3) is 0 Å². The topological polar surface area (TPSA) is 54.3 Å². The van der Waals surface area contributed by atoms with Gasteiger partial charge in [0.1, 0.15) is 0 Å². The van der Waals surface area contributed by atoms with Gasteiger partial charge in [0.15, 0.2) is 10.8 Å². The Morgan fingerprint density at radius 1 is 1.03 bits per heavy atom. The zero-order chi connectivity index (χ0) is 23.7. The second-order valence-corrected chi connectivity index (χ2v) is 10.0. The fourth-order valence-corrected chi connectivity index (χ4v) is 5.82. The number of benzene rings is 2. The molecule has 1 aliphatic heterocycles. The Morgan fingerprint density at radius 3 is 2.62 bits per heavy atom. The Labute approximate surface area is 204 Å². The fourth-order valence-electron chi connectivity index (χ4n) is 4.79. The van der Waals surface area contributed by atoms with E-state index in [2.05, 4.69) is 55.1 Å². The number of fused-ring (bicyclic) bond motifs is 1. The standard InChI is InChI=1S/C27H31N5OS/c1-4-23(21-11-6-5-7-12-21)26(33)30-14-9-15-31(17-16-30)27-28-25-24(34-27)20(3)29-32(25)22-13-8-10-19(2)18-22/h5-8,10-13,18,23H,4,9,14-17H2,1-3H3/t23-/m1/s1. The van der Waals surface area contributed by atoms with E-state index in [1.807, 2.05) is 34.7 Å². The lowest BCUT2D eigenvalue weighted by Crippen LogP contribution is -2.38. The van der Waals surface area contributed by atoms with Crippen LogP contribution in [0.25, 0.3) is 16.0 Å². The summed E-state index contributed by atoms with van der Waals surface area (Å²) in [6.45, 7) is 9.45. The molecule has 0 N–H and O–H groups in total. The number of amides is 1. The molecule has 176 valence electrons. The van der Waals surface area contributed by atoms with Crippen LogP contribution in [-0.4, -0.2) is 51.8 Å². The van der Waals surface area contributed by atoms with Gasteiger partial charge in [0.2, 0.25) is 5.91 Å². The molecule has 34 heavy (non-hydrogen) atoms. The number of aryl methyl sites for hydroxylation is 2. The highest BCUT2D eigenvalue weighted by molar-refractivity contribution is 7.22. The van der Waals surface area contributed by atoms with E-state index in [1.165, 1.54) is 5.56 Å². The number of rotatable bonds is 5. The molecule has 1 aliphatic rings. The largest absolute Gasteiger partial charge is 0.346 e. The van der Waals surface area contributed by atoms with Gasteiger partial charge in [-0.1, -0.05) is 60.7 Å². The van der Waals surface area contributed by atoms with Crippen molar-refractivity contribution in [1.82, 2.24) is 19.7 Å². The summed E-state index contributed by atoms with van der Waals surface area (Å²) in [7, 11) is 0. The molecule has 2 aromatic heterocycles. The van der Waals surface area contributed by atoms with Gasteiger partial charge in [-0.25, -0.2) is 4.68 Å². The van der Waals surface area contributed by atoms with Crippen LogP contribution in [0.1, 0.15) is 42.5 Å². The minimum absolute atomic E-state index is 0.0711. The van der Waals surface area contributed by atoms with Crippen molar-refractivity contribution in [2.45, 2.75) is 39.5 Å². The molecule has 2 aromatic carbocycles. The van der Waals surface area contributed by atoms with Gasteiger partial charge in [-0.3, -0.25) is 4.79 Å². The van der Waals surface area contributed by atoms with Crippen LogP contribution in [0.15, 0.2) is 54.6 Å². The average Bonchev–Trinajstić information content (AvgIpc) is 3.31. The Hall–Kier alpha value is -3.19. The SMILES string of the molecule is CC[C@@H](C(=O)N1CCCN(c2nc3c(s2)c(C)nn3-c2cccc(C)c2)CC1)c1ccccc1. The second-order valence-electron chi connectivity index (χ2n) is 9.02. The predicted octanol–water partition coefficient (Wildman–Crippen LogP) is 5.33. The van der Waals surface area contributed by atoms with Crippen molar-refractivity contribution >= 4 is 32.7 Å². The first-order chi connectivity index (χ1) is 16.5. The molecule has 0 aliphatic carbocycles. The van der Waals surface area contributed by atoms with Crippen molar-refractivity contribution in [3.8, 4) is 5.69 Å². The van der Waals surface area contributed by atoms with Crippen molar-refractivity contribution in [3.05, 3.63) is 71.4 Å². The maximum absolute atomic E-state index is 13.4. The van der Waals surface area contributed by atoms with Gasteiger partial charge >= 0.3 is 0 Å². The molecule has 1 amide bonds. The van der Waals surface area contributed by atoms with Crippen LogP contribution in [0.4, 0.5) is 5.13 Å². The van der Waals surface area contributed by atoms with Gasteiger partial charge in [-0.15, -0.1) is 0 Å². The number of hydrogen-bond acceptors (Lipinski definition) is 5. The zero-order valence-corrected chi connectivity index (χ0v) is 20.9. The van der Waals surface area contributed by atoms with Crippen LogP contribution in [0, 0.1) is 13.8 Å². The lowest BCUT2D eigenvalue weighted by atomic mass is 9.95. The molecule has 0 spiro atoms. The molecule has 1 saturated heterocycles. The van der Waals surface area contributed by atoms with Crippen LogP contribution < -0.4 is 4.90 Å². The molecule has 1 fully saturated rings. The van der Waals surface area contributed by atoms with Gasteiger partial charge in [0, 0.05) is 26.2 Å². The molecule has 4 aromatic rings. The first kappa shape index (κ1) is 22.6. The molecule has 3 heterocycles. The van der Waals surface area contributed by atoms with Crippen LogP contribution in [-0.2, 0) is 4.79 Å². The molecule has 1 atom stereocenters. The second kappa shape index (κ2) is 9.58. The zero-order valence-electron chi connectivity index (χ0n) is 20.1. The lowest BCUT2D eigenvalue weighted by Gasteiger charge is -2.26. The minimum Gasteiger partial charge on any atom is -0.346 e. The molecule has 0 saturated carbocycles. The van der Waals surface area contributed by atoms with E-state index in [4.69, 9.17) is 10.1 Å². The number of aromatic nitrogens is 3. The predicted molar refractivity (Wildman–Crippen MR) is 139 cm³/mol. The molecule has 0 bridgehead atoms. The van der Waals surface area contributed by atoms with Crippen LogP contribution >= 0.6 is 11.3 Å². The van der Waals surface area contributed by atoms with Crippen molar-refractivity contribution in [3.63, 3.8) is 0 Å². The number of anilines is 1. The molecule has 0 radical (unpaired) electrons. The Morgan fingerprint density at radius 2 is 1.85 bits per heavy atom. The monoisotopic (exact) mass is 473 g/mol. The maximum atomic E-state index is 13.4. The third-order valence-electron chi connectivity index (χ3n) is 6.61. The number of hydrogen-bond donors (Lipinski definition) is 0. The van der Waals surface area contributed by atoms with Crippen LogP contribution in [0.2, 0.25) is 0 Å². The maximum Gasteiger partial charge on any atom is 0.230 e. The van der Waals surface area contributed by atoms with Crippen LogP contribution in [0.3, 0.4) is 0 Å². The quantitative estimate of drug-likeness (QED) is 0.393. The summed E-state index contributed by atoms with van der Waals surface area (Å²) < 4.78 is 3.08. The first-order valence-electron chi connectivity index (χ1n) is 12.1. The Kier molecular flexibility index (Phi) is 6.37. The third kappa shape index (κ3) is 4.32. The van der Waals surface area contributed by atoms with Crippen LogP contribution in [0.5, 0.6) is 0 Å². The van der Waals surface area contributed by atoms with Crippen molar-refractivity contribution in [2.75, 3.05) is 31.1 Å². The molecule has 5 rings (SSSR count). The van der Waals surface area contributed by atoms with E-state index < -0.39 is 0 Å². The summed E-state index contributed by atoms with van der Waals surface area (Å²) in [5, 5.41) is 5.77. The van der Waals surface area contributed by atoms with Gasteiger partial charge in [0.05, 0.1) is 22.0 Å². The van der Waals surface area contributed by atoms with Gasteiger partial charge in [-0.05, 0) is 49.9 Å². The van der Waals surface area contributed by atoms with E-state index in [0.29, 0.717) is 0 Å². The smallest absolute Gasteiger partial charge is 0.230 e. The van der Waals surface area contributed by atoms with Gasteiger partial charge < -0.3 is 9.80 Å². The lowest BCUT2D eigenvalue weighted by molar-refractivity contribution is -0.132. The van der Waals surface area contributed by atoms with E-state index in [9.17, 15) is 4.79 Å². The number of carbonyl (C=O) groups excluding carboxylic acids is 1. The van der Waals surface area contributed by atoms with Gasteiger partial charge in [-0.2, -0.15) is 10.1 Å². The van der Waals surface area contributed by atoms with E-state index >= 15 is 0 Å². The van der Waals surface area contributed by atoms with E-state index in [0.717, 1.165) is 71.4 Å². The molecule has 0 unspecified atom stereocenters. The van der Waals surface area contributed by atoms with Crippen molar-refractivity contribution < 1.29 is 4.79 Å². The first-order valence-corrected chi connectivity index (χ1v) is 12.9. The highest BCUT2D eigenvalue weighted by Gasteiger charge is 2.27. The normalized spacial score (nSPS) is 15.5. The third-order valence-corrected chi connectivity index (χ3v) is 7.82. The highest BCUT2D eigenvalue weighted by Crippen LogP contribution is 2.33. The van der Waals surface area contributed by atoms with Crippen molar-refractivity contribution in [1.29, 1.82) is 0 Å². The van der Waals surface area contributed by atoms with E-state index in [1.54, 1.807) is 11.3 Å². The summed E-state index contributed by atoms with van der Waals surface area (Å²) in [6, 6.07) is 18.5. The van der Waals surface area contributed by atoms with E-state index in [-0.39, 0.29) is 11.8 Å². The average molecular weight is 474 g/mol. The number of thiazole rings is 1.